The molecule has 0 saturated carbocycles. The second kappa shape index (κ2) is 86.6. The quantitative estimate of drug-likeness (QED) is 0.346. The van der Waals surface area contributed by atoms with E-state index in [2.05, 4.69) is 0 Å². The second-order valence-electron chi connectivity index (χ2n) is 0. The Morgan fingerprint density at radius 1 is 0.500 bits per heavy atom. The maximum absolute atomic E-state index is 0. The Morgan fingerprint density at radius 2 is 0.500 bits per heavy atom. The van der Waals surface area contributed by atoms with E-state index in [-0.39, 0.29) is 35.9 Å². The van der Waals surface area contributed by atoms with Gasteiger partial charge in [0.25, 0.3) is 0 Å². The molecule has 0 aliphatic heterocycles. The van der Waals surface area contributed by atoms with Gasteiger partial charge < -0.3 is 16.4 Å². The molecule has 0 aliphatic carbocycles. The van der Waals surface area contributed by atoms with Gasteiger partial charge in [-0.2, -0.15) is 0 Å². The van der Waals surface area contributed by atoms with E-state index in [9.17, 15) is 0 Å². The van der Waals surface area contributed by atoms with Crippen LogP contribution in [0.4, 0.5) is 0 Å². The molecular weight excluding hydrogens is 149 g/mol. The van der Waals surface area contributed by atoms with Crippen molar-refractivity contribution in [1.82, 2.24) is 0 Å². The minimum atomic E-state index is 0. The Labute approximate surface area is 36.7 Å². The van der Waals surface area contributed by atoms with Gasteiger partial charge in [0, 0.05) is 0 Å². The molecule has 0 spiro atoms. The third kappa shape index (κ3) is 22.3. The molecule has 0 radical (unpaired) electrons. The number of hydrogen-bond acceptors (Lipinski definition) is 0. The Balaban J connectivity index is 0. The fourth-order valence-electron chi connectivity index (χ4n) is 0. The van der Waals surface area contributed by atoms with E-state index >= 15 is 0 Å². The third-order valence-electron chi connectivity index (χ3n) is 0. The molecule has 0 amide bonds. The molecule has 3 nitrogen and oxygen atoms in total. The van der Waals surface area contributed by atoms with Crippen LogP contribution < -0.4 is 0 Å². The van der Waals surface area contributed by atoms with E-state index in [1.165, 1.54) is 0 Å². The van der Waals surface area contributed by atoms with Crippen molar-refractivity contribution in [2.75, 3.05) is 0 Å². The van der Waals surface area contributed by atoms with Crippen molar-refractivity contribution < 1.29 is 35.9 Å². The van der Waals surface area contributed by atoms with Gasteiger partial charge in [-0.1, -0.05) is 0 Å². The van der Waals surface area contributed by atoms with Gasteiger partial charge in [0.1, 0.15) is 0 Å². The summed E-state index contributed by atoms with van der Waals surface area (Å²) in [4.78, 5) is 0. The molecule has 6 N–H and O–H groups in total. The van der Waals surface area contributed by atoms with Gasteiger partial charge in [0.15, 0.2) is 0 Å². The molecule has 0 unspecified atom stereocenters. The zero-order chi connectivity index (χ0) is 0. The van der Waals surface area contributed by atoms with Crippen LogP contribution in [0, 0.1) is 0 Å². The summed E-state index contributed by atoms with van der Waals surface area (Å²) in [6, 6.07) is 0. The first-order valence-corrected chi connectivity index (χ1v) is 0. The summed E-state index contributed by atoms with van der Waals surface area (Å²) in [5.74, 6) is 0. The molecular formula is H6O3Ru+2. The van der Waals surface area contributed by atoms with Crippen molar-refractivity contribution in [3.05, 3.63) is 0 Å². The summed E-state index contributed by atoms with van der Waals surface area (Å²) < 4.78 is 0. The van der Waals surface area contributed by atoms with Crippen molar-refractivity contribution in [3.8, 4) is 0 Å². The first-order valence-electron chi connectivity index (χ1n) is 0. The average Bonchev–Trinajstić information content (AvgIpc) is 0. The van der Waals surface area contributed by atoms with Crippen LogP contribution in [0.3, 0.4) is 0 Å². The van der Waals surface area contributed by atoms with Gasteiger partial charge in [-0.3, -0.25) is 0 Å². The molecule has 0 aromatic heterocycles. The molecule has 0 aromatic rings. The van der Waals surface area contributed by atoms with Crippen molar-refractivity contribution in [2.24, 2.45) is 0 Å². The molecule has 30 valence electrons. The van der Waals surface area contributed by atoms with Crippen LogP contribution >= 0.6 is 0 Å². The van der Waals surface area contributed by atoms with E-state index in [1.54, 1.807) is 0 Å². The molecule has 4 heavy (non-hydrogen) atoms. The number of hydrogen-bond donors (Lipinski definition) is 0. The zero-order valence-electron chi connectivity index (χ0n) is 1.85. The minimum Gasteiger partial charge on any atom is -0.412 e. The zero-order valence-corrected chi connectivity index (χ0v) is 3.59. The van der Waals surface area contributed by atoms with Gasteiger partial charge >= 0.3 is 19.5 Å². The van der Waals surface area contributed by atoms with Gasteiger partial charge in [0.05, 0.1) is 0 Å². The van der Waals surface area contributed by atoms with Crippen LogP contribution in [0.2, 0.25) is 0 Å². The summed E-state index contributed by atoms with van der Waals surface area (Å²) in [6.45, 7) is 0. The van der Waals surface area contributed by atoms with Crippen LogP contribution in [0.15, 0.2) is 0 Å². The van der Waals surface area contributed by atoms with Crippen LogP contribution in [-0.4, -0.2) is 16.4 Å². The smallest absolute Gasteiger partial charge is 0.412 e. The molecule has 0 aliphatic rings. The Hall–Kier alpha value is 0.503. The van der Waals surface area contributed by atoms with E-state index in [4.69, 9.17) is 0 Å². The largest absolute Gasteiger partial charge is 2.00 e. The predicted octanol–water partition coefficient (Wildman–Crippen LogP) is -2.48. The summed E-state index contributed by atoms with van der Waals surface area (Å²) in [7, 11) is 0. The summed E-state index contributed by atoms with van der Waals surface area (Å²) in [6.07, 6.45) is 0. The Morgan fingerprint density at radius 3 is 0.500 bits per heavy atom. The Kier molecular flexibility index (Phi) is 4730. The molecule has 0 heterocycles. The predicted molar refractivity (Wildman–Crippen MR) is 10.8 cm³/mol. The van der Waals surface area contributed by atoms with Gasteiger partial charge in [-0.25, -0.2) is 0 Å². The van der Waals surface area contributed by atoms with Crippen LogP contribution in [0.5, 0.6) is 0 Å². The van der Waals surface area contributed by atoms with Gasteiger partial charge in [-0.15, -0.1) is 0 Å². The van der Waals surface area contributed by atoms with Crippen LogP contribution in [0.1, 0.15) is 0 Å². The standard InChI is InChI=1S/3H2O.Ru/h3*1H2;/q;;;+2. The molecule has 0 rings (SSSR count). The molecule has 0 saturated heterocycles. The minimum absolute atomic E-state index is 0. The third-order valence-corrected chi connectivity index (χ3v) is 0. The van der Waals surface area contributed by atoms with Crippen LogP contribution in [-0.2, 0) is 19.5 Å². The first kappa shape index (κ1) is 218. The molecule has 0 aromatic carbocycles. The van der Waals surface area contributed by atoms with Crippen molar-refractivity contribution >= 4 is 0 Å². The summed E-state index contributed by atoms with van der Waals surface area (Å²) in [5, 5.41) is 0. The van der Waals surface area contributed by atoms with E-state index in [0.29, 0.717) is 0 Å². The van der Waals surface area contributed by atoms with Crippen molar-refractivity contribution in [1.29, 1.82) is 0 Å². The maximum Gasteiger partial charge on any atom is 2.00 e. The SMILES string of the molecule is O.O.O.[Ru+2]. The topological polar surface area (TPSA) is 94.5 Å². The number of rotatable bonds is 0. The molecule has 0 atom stereocenters. The summed E-state index contributed by atoms with van der Waals surface area (Å²) in [5.41, 5.74) is 0. The summed E-state index contributed by atoms with van der Waals surface area (Å²) >= 11 is 0. The van der Waals surface area contributed by atoms with Crippen molar-refractivity contribution in [2.45, 2.75) is 0 Å². The first-order chi connectivity index (χ1) is 0. The monoisotopic (exact) mass is 156 g/mol. The van der Waals surface area contributed by atoms with E-state index in [1.807, 2.05) is 0 Å². The fourth-order valence-corrected chi connectivity index (χ4v) is 0. The maximum atomic E-state index is 0. The van der Waals surface area contributed by atoms with E-state index in [0.717, 1.165) is 0 Å². The molecule has 0 bridgehead atoms. The van der Waals surface area contributed by atoms with Gasteiger partial charge in [-0.05, 0) is 0 Å². The van der Waals surface area contributed by atoms with E-state index < -0.39 is 0 Å². The van der Waals surface area contributed by atoms with Crippen LogP contribution in [0.25, 0.3) is 0 Å². The average molecular weight is 155 g/mol. The normalized spacial score (nSPS) is 0. The van der Waals surface area contributed by atoms with Crippen molar-refractivity contribution in [3.63, 3.8) is 0 Å². The van der Waals surface area contributed by atoms with Gasteiger partial charge in [0.2, 0.25) is 0 Å². The fraction of sp³-hybridized carbons (Fsp3) is 0. The second-order valence-corrected chi connectivity index (χ2v) is 0. The molecule has 0 fully saturated rings. The molecule has 4 heteroatoms. The Bertz CT molecular complexity index is 3.25.